The monoisotopic (exact) mass is 340 g/mol. The van der Waals surface area contributed by atoms with Crippen molar-refractivity contribution in [2.45, 2.75) is 25.2 Å². The molecule has 25 heavy (non-hydrogen) atoms. The minimum atomic E-state index is -0.217. The summed E-state index contributed by atoms with van der Waals surface area (Å²) in [4.78, 5) is 17.0. The first-order valence-corrected chi connectivity index (χ1v) is 8.87. The first-order chi connectivity index (χ1) is 12.0. The minimum Gasteiger partial charge on any atom is -0.378 e. The molecule has 0 N–H and O–H groups in total. The van der Waals surface area contributed by atoms with Gasteiger partial charge in [-0.15, -0.1) is 0 Å². The number of carbonyl (C=O) groups is 1. The number of hydrogen-bond acceptors (Lipinski definition) is 2. The van der Waals surface area contributed by atoms with Gasteiger partial charge < -0.3 is 9.80 Å². The van der Waals surface area contributed by atoms with Crippen LogP contribution in [-0.4, -0.2) is 38.0 Å². The predicted molar refractivity (Wildman–Crippen MR) is 99.7 cm³/mol. The highest BCUT2D eigenvalue weighted by Crippen LogP contribution is 2.28. The zero-order valence-corrected chi connectivity index (χ0v) is 14.9. The van der Waals surface area contributed by atoms with Crippen molar-refractivity contribution in [1.29, 1.82) is 0 Å². The number of rotatable bonds is 3. The standard InChI is InChI=1S/C21H25FN2O/c1-23(2)20-8-5-7-17(14-20)21(25)24-13-4-3-6-18(15-24)16-9-11-19(22)12-10-16/h5,7-12,14,18H,3-4,6,13,15H2,1-2H3. The molecule has 1 heterocycles. The third-order valence-electron chi connectivity index (χ3n) is 4.91. The van der Waals surface area contributed by atoms with Gasteiger partial charge >= 0.3 is 0 Å². The summed E-state index contributed by atoms with van der Waals surface area (Å²) in [5, 5.41) is 0. The van der Waals surface area contributed by atoms with E-state index >= 15 is 0 Å². The molecule has 1 atom stereocenters. The Morgan fingerprint density at radius 1 is 1.12 bits per heavy atom. The number of hydrogen-bond donors (Lipinski definition) is 0. The van der Waals surface area contributed by atoms with Gasteiger partial charge in [-0.2, -0.15) is 0 Å². The normalized spacial score (nSPS) is 17.9. The number of benzene rings is 2. The Balaban J connectivity index is 1.79. The molecule has 0 aromatic heterocycles. The fraction of sp³-hybridized carbons (Fsp3) is 0.381. The van der Waals surface area contributed by atoms with E-state index in [0.717, 1.165) is 42.6 Å². The third-order valence-corrected chi connectivity index (χ3v) is 4.91. The SMILES string of the molecule is CN(C)c1cccc(C(=O)N2CCCCC(c3ccc(F)cc3)C2)c1. The van der Waals surface area contributed by atoms with Crippen molar-refractivity contribution in [3.63, 3.8) is 0 Å². The molecule has 4 heteroatoms. The summed E-state index contributed by atoms with van der Waals surface area (Å²) in [5.74, 6) is 0.132. The predicted octanol–water partition coefficient (Wildman–Crippen LogP) is 4.30. The van der Waals surface area contributed by atoms with Crippen LogP contribution >= 0.6 is 0 Å². The fourth-order valence-corrected chi connectivity index (χ4v) is 3.43. The van der Waals surface area contributed by atoms with Crippen molar-refractivity contribution in [2.24, 2.45) is 0 Å². The molecule has 0 saturated carbocycles. The second kappa shape index (κ2) is 7.68. The van der Waals surface area contributed by atoms with Gasteiger partial charge in [-0.05, 0) is 48.7 Å². The molecular weight excluding hydrogens is 315 g/mol. The van der Waals surface area contributed by atoms with E-state index in [1.807, 2.05) is 60.3 Å². The van der Waals surface area contributed by atoms with E-state index in [9.17, 15) is 9.18 Å². The van der Waals surface area contributed by atoms with E-state index in [4.69, 9.17) is 0 Å². The van der Waals surface area contributed by atoms with Crippen molar-refractivity contribution >= 4 is 11.6 Å². The van der Waals surface area contributed by atoms with E-state index < -0.39 is 0 Å². The van der Waals surface area contributed by atoms with Crippen molar-refractivity contribution in [3.05, 3.63) is 65.5 Å². The van der Waals surface area contributed by atoms with Crippen molar-refractivity contribution in [2.75, 3.05) is 32.1 Å². The molecule has 0 spiro atoms. The van der Waals surface area contributed by atoms with Crippen LogP contribution in [0.4, 0.5) is 10.1 Å². The second-order valence-electron chi connectivity index (χ2n) is 6.94. The Hall–Kier alpha value is -2.36. The van der Waals surface area contributed by atoms with Crippen LogP contribution in [0.5, 0.6) is 0 Å². The highest BCUT2D eigenvalue weighted by Gasteiger charge is 2.24. The minimum absolute atomic E-state index is 0.0812. The van der Waals surface area contributed by atoms with Gasteiger partial charge in [0.2, 0.25) is 0 Å². The van der Waals surface area contributed by atoms with Gasteiger partial charge in [-0.1, -0.05) is 24.6 Å². The maximum absolute atomic E-state index is 13.2. The lowest BCUT2D eigenvalue weighted by Gasteiger charge is -2.25. The van der Waals surface area contributed by atoms with E-state index in [2.05, 4.69) is 0 Å². The maximum atomic E-state index is 13.2. The van der Waals surface area contributed by atoms with Crippen LogP contribution in [0.25, 0.3) is 0 Å². The Morgan fingerprint density at radius 3 is 2.60 bits per heavy atom. The number of anilines is 1. The third kappa shape index (κ3) is 4.19. The van der Waals surface area contributed by atoms with Crippen molar-refractivity contribution in [3.8, 4) is 0 Å². The van der Waals surface area contributed by atoms with Crippen molar-refractivity contribution < 1.29 is 9.18 Å². The molecule has 0 bridgehead atoms. The zero-order valence-electron chi connectivity index (χ0n) is 14.9. The highest BCUT2D eigenvalue weighted by molar-refractivity contribution is 5.95. The lowest BCUT2D eigenvalue weighted by molar-refractivity contribution is 0.0754. The molecule has 1 fully saturated rings. The van der Waals surface area contributed by atoms with E-state index in [1.54, 1.807) is 0 Å². The Labute approximate surface area is 149 Å². The number of halogens is 1. The molecule has 132 valence electrons. The fourth-order valence-electron chi connectivity index (χ4n) is 3.43. The zero-order chi connectivity index (χ0) is 17.8. The average molecular weight is 340 g/mol. The summed E-state index contributed by atoms with van der Waals surface area (Å²) in [6, 6.07) is 14.5. The number of amides is 1. The van der Waals surface area contributed by atoms with Crippen LogP contribution in [-0.2, 0) is 0 Å². The van der Waals surface area contributed by atoms with E-state index in [-0.39, 0.29) is 17.6 Å². The Morgan fingerprint density at radius 2 is 1.88 bits per heavy atom. The molecule has 1 aliphatic heterocycles. The first kappa shape index (κ1) is 17.5. The molecule has 1 aliphatic rings. The van der Waals surface area contributed by atoms with E-state index in [0.29, 0.717) is 6.54 Å². The van der Waals surface area contributed by atoms with Gasteiger partial charge in [0, 0.05) is 44.4 Å². The second-order valence-corrected chi connectivity index (χ2v) is 6.94. The van der Waals surface area contributed by atoms with Crippen LogP contribution < -0.4 is 4.90 Å². The Kier molecular flexibility index (Phi) is 5.37. The molecule has 2 aromatic carbocycles. The number of nitrogens with zero attached hydrogens (tertiary/aromatic N) is 2. The number of likely N-dealkylation sites (tertiary alicyclic amines) is 1. The molecule has 2 aromatic rings. The highest BCUT2D eigenvalue weighted by atomic mass is 19.1. The molecule has 0 radical (unpaired) electrons. The van der Waals surface area contributed by atoms with Gasteiger partial charge in [0.05, 0.1) is 0 Å². The first-order valence-electron chi connectivity index (χ1n) is 8.87. The molecule has 3 nitrogen and oxygen atoms in total. The molecule has 3 rings (SSSR count). The molecule has 1 amide bonds. The summed E-state index contributed by atoms with van der Waals surface area (Å²) in [6.07, 6.45) is 3.13. The maximum Gasteiger partial charge on any atom is 0.253 e. The summed E-state index contributed by atoms with van der Waals surface area (Å²) in [6.45, 7) is 1.47. The summed E-state index contributed by atoms with van der Waals surface area (Å²) in [7, 11) is 3.94. The van der Waals surface area contributed by atoms with Gasteiger partial charge in [0.15, 0.2) is 0 Å². The van der Waals surface area contributed by atoms with Gasteiger partial charge in [0.25, 0.3) is 5.91 Å². The van der Waals surface area contributed by atoms with Crippen LogP contribution in [0.3, 0.4) is 0 Å². The lowest BCUT2D eigenvalue weighted by atomic mass is 9.94. The summed E-state index contributed by atoms with van der Waals surface area (Å²) in [5.41, 5.74) is 2.87. The molecular formula is C21H25FN2O. The lowest BCUT2D eigenvalue weighted by Crippen LogP contribution is -2.34. The summed E-state index contributed by atoms with van der Waals surface area (Å²) >= 11 is 0. The average Bonchev–Trinajstić information content (AvgIpc) is 2.88. The largest absolute Gasteiger partial charge is 0.378 e. The topological polar surface area (TPSA) is 23.6 Å². The number of carbonyl (C=O) groups excluding carboxylic acids is 1. The van der Waals surface area contributed by atoms with Crippen molar-refractivity contribution in [1.82, 2.24) is 4.90 Å². The molecule has 0 aliphatic carbocycles. The van der Waals surface area contributed by atoms with Crippen LogP contribution in [0.15, 0.2) is 48.5 Å². The summed E-state index contributed by atoms with van der Waals surface area (Å²) < 4.78 is 13.2. The van der Waals surface area contributed by atoms with Crippen LogP contribution in [0.2, 0.25) is 0 Å². The van der Waals surface area contributed by atoms with Gasteiger partial charge in [-0.3, -0.25) is 4.79 Å². The van der Waals surface area contributed by atoms with E-state index in [1.165, 1.54) is 12.1 Å². The molecule has 1 unspecified atom stereocenters. The quantitative estimate of drug-likeness (QED) is 0.832. The smallest absolute Gasteiger partial charge is 0.253 e. The van der Waals surface area contributed by atoms with Gasteiger partial charge in [-0.25, -0.2) is 4.39 Å². The Bertz CT molecular complexity index is 727. The molecule has 1 saturated heterocycles. The van der Waals surface area contributed by atoms with Gasteiger partial charge in [0.1, 0.15) is 5.82 Å². The van der Waals surface area contributed by atoms with Crippen LogP contribution in [0.1, 0.15) is 41.1 Å². The van der Waals surface area contributed by atoms with Crippen LogP contribution in [0, 0.1) is 5.82 Å².